The van der Waals surface area contributed by atoms with Gasteiger partial charge in [0.1, 0.15) is 5.82 Å². The van der Waals surface area contributed by atoms with Gasteiger partial charge in [0.2, 0.25) is 0 Å². The Morgan fingerprint density at radius 1 is 1.12 bits per heavy atom. The minimum absolute atomic E-state index is 0. The van der Waals surface area contributed by atoms with Crippen LogP contribution in [0.2, 0.25) is 0 Å². The Kier molecular flexibility index (Phi) is 16.5. The van der Waals surface area contributed by atoms with Crippen molar-refractivity contribution < 1.29 is 54.1 Å². The maximum Gasteiger partial charge on any atom is 1.00 e. The van der Waals surface area contributed by atoms with Crippen molar-refractivity contribution in [2.75, 3.05) is 0 Å². The molecule has 2 N–H and O–H groups in total. The van der Waals surface area contributed by atoms with Gasteiger partial charge in [-0.25, -0.2) is 4.39 Å². The van der Waals surface area contributed by atoms with Crippen molar-refractivity contribution in [3.63, 3.8) is 0 Å². The molecule has 7 heteroatoms. The average molecular weight is 560 g/mol. The molecule has 40 heavy (non-hydrogen) atoms. The first kappa shape index (κ1) is 35.9. The summed E-state index contributed by atoms with van der Waals surface area (Å²) in [6, 6.07) is 6.46. The Balaban J connectivity index is 0.00000150. The molecule has 3 rings (SSSR count). The van der Waals surface area contributed by atoms with Crippen molar-refractivity contribution >= 4 is 17.6 Å². The molecule has 0 amide bonds. The predicted octanol–water partition coefficient (Wildman–Crippen LogP) is 3.38. The average Bonchev–Trinajstić information content (AvgIpc) is 3.09. The second-order valence-corrected chi connectivity index (χ2v) is 10.2. The summed E-state index contributed by atoms with van der Waals surface area (Å²) in [5.74, 6) is -1.58. The molecule has 1 aliphatic rings. The van der Waals surface area contributed by atoms with Crippen molar-refractivity contribution in [3.8, 4) is 11.1 Å². The SMILES string of the molecule is C=CCC.CC/C=C1\CCCCc2c1nc(C(C)C)c(/C=C/[C@@H](O)C[C@@H](O)CC(=O)[O-])c2-c1ccc(F)cc1.[Na+]. The third-order valence-corrected chi connectivity index (χ3v) is 6.61. The first-order valence-electron chi connectivity index (χ1n) is 14.0. The van der Waals surface area contributed by atoms with Gasteiger partial charge in [-0.3, -0.25) is 4.98 Å². The number of aliphatic carboxylic acids is 1. The number of carboxylic acid groups (broad SMARTS) is 1. The molecule has 0 fully saturated rings. The number of nitrogens with zero attached hydrogens (tertiary/aromatic N) is 1. The minimum Gasteiger partial charge on any atom is -0.550 e. The third kappa shape index (κ3) is 10.7. The minimum atomic E-state index is -1.36. The Hall–Kier alpha value is -2.09. The first-order valence-corrected chi connectivity index (χ1v) is 14.0. The molecule has 1 aliphatic carbocycles. The molecule has 0 spiro atoms. The molecule has 2 atom stereocenters. The fourth-order valence-electron chi connectivity index (χ4n) is 4.74. The summed E-state index contributed by atoms with van der Waals surface area (Å²) in [5, 5.41) is 31.1. The summed E-state index contributed by atoms with van der Waals surface area (Å²) < 4.78 is 13.8. The van der Waals surface area contributed by atoms with Gasteiger partial charge in [-0.1, -0.05) is 64.1 Å². The van der Waals surface area contributed by atoms with Crippen LogP contribution >= 0.6 is 0 Å². The van der Waals surface area contributed by atoms with Crippen molar-refractivity contribution in [2.24, 2.45) is 0 Å². The topological polar surface area (TPSA) is 93.5 Å². The van der Waals surface area contributed by atoms with Gasteiger partial charge >= 0.3 is 29.6 Å². The maximum atomic E-state index is 13.8. The maximum absolute atomic E-state index is 13.8. The standard InChI is InChI=1S/C29H36FNO4.C4H8.Na/c1-4-7-20-8-5-6-9-24-27(19-10-12-21(30)13-11-19)25(28(18(2)3)31-29(20)24)15-14-22(32)16-23(33)17-26(34)35;1-3-4-2;/h7,10-15,18,22-23,32-33H,4-6,8-9,16-17H2,1-3H3,(H,34,35);3H,1,4H2,2H3;/q;;+1/p-1/b15-14+,20-7+;;/t22-,23-;;/m1../s1. The van der Waals surface area contributed by atoms with Gasteiger partial charge in [-0.2, -0.15) is 0 Å². The van der Waals surface area contributed by atoms with Crippen LogP contribution in [0.25, 0.3) is 22.8 Å². The quantitative estimate of drug-likeness (QED) is 0.265. The molecule has 0 saturated heterocycles. The number of pyridine rings is 1. The van der Waals surface area contributed by atoms with Crippen molar-refractivity contribution in [3.05, 3.63) is 77.4 Å². The smallest absolute Gasteiger partial charge is 0.550 e. The number of allylic oxidation sites excluding steroid dienone is 3. The molecule has 5 nitrogen and oxygen atoms in total. The summed E-state index contributed by atoms with van der Waals surface area (Å²) in [7, 11) is 0. The molecule has 2 aromatic rings. The number of halogens is 1. The van der Waals surface area contributed by atoms with Crippen molar-refractivity contribution in [2.45, 2.75) is 97.2 Å². The van der Waals surface area contributed by atoms with Crippen LogP contribution in [0.3, 0.4) is 0 Å². The second-order valence-electron chi connectivity index (χ2n) is 10.2. The first-order chi connectivity index (χ1) is 18.6. The molecule has 0 radical (unpaired) electrons. The Labute approximate surface area is 261 Å². The summed E-state index contributed by atoms with van der Waals surface area (Å²) in [6.45, 7) is 11.8. The van der Waals surface area contributed by atoms with Gasteiger partial charge in [0, 0.05) is 24.4 Å². The molecular formula is C33H43FNNaO4. The van der Waals surface area contributed by atoms with E-state index in [-0.39, 0.29) is 47.7 Å². The number of fused-ring (bicyclic) bond motifs is 1. The number of carboxylic acids is 1. The van der Waals surface area contributed by atoms with Crippen LogP contribution in [0.5, 0.6) is 0 Å². The molecule has 1 aromatic carbocycles. The molecular weight excluding hydrogens is 516 g/mol. The summed E-state index contributed by atoms with van der Waals surface area (Å²) in [4.78, 5) is 15.9. The summed E-state index contributed by atoms with van der Waals surface area (Å²) in [6.07, 6.45) is 10.5. The van der Waals surface area contributed by atoms with Gasteiger partial charge < -0.3 is 20.1 Å². The zero-order valence-electron chi connectivity index (χ0n) is 24.8. The van der Waals surface area contributed by atoms with Crippen LogP contribution < -0.4 is 34.7 Å². The molecule has 0 aliphatic heterocycles. The third-order valence-electron chi connectivity index (χ3n) is 6.61. The zero-order chi connectivity index (χ0) is 28.9. The normalized spacial score (nSPS) is 15.4. The molecule has 0 saturated carbocycles. The zero-order valence-corrected chi connectivity index (χ0v) is 26.8. The number of benzene rings is 1. The number of aliphatic hydroxyl groups is 2. The number of hydrogen-bond donors (Lipinski definition) is 2. The monoisotopic (exact) mass is 559 g/mol. The van der Waals surface area contributed by atoms with Gasteiger partial charge in [0.25, 0.3) is 0 Å². The van der Waals surface area contributed by atoms with E-state index in [1.807, 2.05) is 12.2 Å². The van der Waals surface area contributed by atoms with Crippen LogP contribution in [0.1, 0.15) is 101 Å². The van der Waals surface area contributed by atoms with Crippen molar-refractivity contribution in [1.82, 2.24) is 4.98 Å². The molecule has 1 aromatic heterocycles. The van der Waals surface area contributed by atoms with E-state index in [1.54, 1.807) is 18.2 Å². The molecule has 0 bridgehead atoms. The van der Waals surface area contributed by atoms with E-state index in [1.165, 1.54) is 17.7 Å². The van der Waals surface area contributed by atoms with Gasteiger partial charge in [-0.15, -0.1) is 6.58 Å². The van der Waals surface area contributed by atoms with Crippen LogP contribution in [0, 0.1) is 5.82 Å². The van der Waals surface area contributed by atoms with Crippen LogP contribution in [-0.4, -0.2) is 33.4 Å². The van der Waals surface area contributed by atoms with Gasteiger partial charge in [0.15, 0.2) is 0 Å². The van der Waals surface area contributed by atoms with E-state index in [4.69, 9.17) is 4.98 Å². The summed E-state index contributed by atoms with van der Waals surface area (Å²) >= 11 is 0. The van der Waals surface area contributed by atoms with Crippen LogP contribution in [0.15, 0.2) is 49.1 Å². The molecule has 212 valence electrons. The fraction of sp³-hybridized carbons (Fsp3) is 0.455. The number of rotatable bonds is 10. The summed E-state index contributed by atoms with van der Waals surface area (Å²) in [5.41, 5.74) is 6.99. The Morgan fingerprint density at radius 2 is 1.75 bits per heavy atom. The Bertz CT molecular complexity index is 1160. The van der Waals surface area contributed by atoms with E-state index in [9.17, 15) is 24.5 Å². The second kappa shape index (κ2) is 18.4. The van der Waals surface area contributed by atoms with Crippen LogP contribution in [-0.2, 0) is 11.2 Å². The largest absolute Gasteiger partial charge is 1.00 e. The van der Waals surface area contributed by atoms with Gasteiger partial charge in [-0.05, 0) is 78.8 Å². The van der Waals surface area contributed by atoms with E-state index in [0.717, 1.165) is 72.2 Å². The Morgan fingerprint density at radius 3 is 2.30 bits per heavy atom. The number of aliphatic hydroxyl groups excluding tert-OH is 2. The van der Waals surface area contributed by atoms with Crippen molar-refractivity contribution in [1.29, 1.82) is 0 Å². The predicted molar refractivity (Wildman–Crippen MR) is 155 cm³/mol. The molecule has 1 heterocycles. The molecule has 0 unspecified atom stereocenters. The fourth-order valence-corrected chi connectivity index (χ4v) is 4.74. The van der Waals surface area contributed by atoms with E-state index < -0.39 is 24.6 Å². The van der Waals surface area contributed by atoms with E-state index in [0.29, 0.717) is 0 Å². The van der Waals surface area contributed by atoms with E-state index in [2.05, 4.69) is 40.3 Å². The number of carbonyl (C=O) groups is 1. The van der Waals surface area contributed by atoms with E-state index >= 15 is 0 Å². The van der Waals surface area contributed by atoms with Crippen LogP contribution in [0.4, 0.5) is 4.39 Å². The van der Waals surface area contributed by atoms with Gasteiger partial charge in [0.05, 0.1) is 23.6 Å². The number of aromatic nitrogens is 1. The number of hydrogen-bond acceptors (Lipinski definition) is 5. The number of carbonyl (C=O) groups excluding carboxylic acids is 1.